The number of amides is 1. The molecule has 1 aromatic carbocycles. The van der Waals surface area contributed by atoms with Gasteiger partial charge in [0.2, 0.25) is 5.91 Å². The molecule has 0 saturated heterocycles. The summed E-state index contributed by atoms with van der Waals surface area (Å²) >= 11 is 3.29. The molecular weight excluding hydrogens is 317 g/mol. The Morgan fingerprint density at radius 3 is 2.32 bits per heavy atom. The van der Waals surface area contributed by atoms with E-state index in [1.165, 1.54) is 0 Å². The second kappa shape index (κ2) is 6.14. The molecule has 1 aromatic rings. The summed E-state index contributed by atoms with van der Waals surface area (Å²) in [4.78, 5) is 22.8. The van der Waals surface area contributed by atoms with Crippen LogP contribution in [0.5, 0.6) is 0 Å². The summed E-state index contributed by atoms with van der Waals surface area (Å²) in [5, 5.41) is 10.9. The molecule has 6 heteroatoms. The molecule has 0 saturated carbocycles. The topological polar surface area (TPSA) is 66.4 Å². The summed E-state index contributed by atoms with van der Waals surface area (Å²) in [5.74, 6) is -1.91. The molecule has 0 aliphatic carbocycles. The number of benzene rings is 1. The lowest BCUT2D eigenvalue weighted by Crippen LogP contribution is -2.49. The normalized spacial score (nSPS) is 12.8. The molecule has 1 amide bonds. The Kier molecular flexibility index (Phi) is 5.05. The largest absolute Gasteiger partial charge is 0.480 e. The highest BCUT2D eigenvalue weighted by Gasteiger charge is 2.32. The number of carbonyl (C=O) groups is 2. The first-order valence-electron chi connectivity index (χ1n) is 5.65. The second-order valence-electron chi connectivity index (χ2n) is 4.65. The summed E-state index contributed by atoms with van der Waals surface area (Å²) < 4.78 is 13.4. The first-order chi connectivity index (χ1) is 8.78. The van der Waals surface area contributed by atoms with Crippen LogP contribution >= 0.6 is 15.9 Å². The molecule has 2 N–H and O–H groups in total. The van der Waals surface area contributed by atoms with E-state index in [1.807, 2.05) is 0 Å². The van der Waals surface area contributed by atoms with Crippen LogP contribution in [0.15, 0.2) is 28.7 Å². The number of hydrogen-bond donors (Lipinski definition) is 2. The zero-order valence-electron chi connectivity index (χ0n) is 10.6. The van der Waals surface area contributed by atoms with Gasteiger partial charge in [-0.15, -0.1) is 0 Å². The average molecular weight is 332 g/mol. The maximum atomic E-state index is 12.5. The molecule has 19 heavy (non-hydrogen) atoms. The smallest absolute Gasteiger partial charge is 0.328 e. The van der Waals surface area contributed by atoms with Crippen molar-refractivity contribution in [2.24, 2.45) is 0 Å². The van der Waals surface area contributed by atoms with Gasteiger partial charge in [-0.25, -0.2) is 9.18 Å². The molecule has 104 valence electrons. The molecular formula is C13H15BrFNO3. The van der Waals surface area contributed by atoms with Crippen molar-refractivity contribution in [1.29, 1.82) is 0 Å². The molecule has 0 aliphatic heterocycles. The predicted molar refractivity (Wildman–Crippen MR) is 72.7 cm³/mol. The second-order valence-corrected chi connectivity index (χ2v) is 5.57. The molecule has 0 fully saturated rings. The highest BCUT2D eigenvalue weighted by Crippen LogP contribution is 2.25. The minimum atomic E-state index is -1.51. The Labute approximate surface area is 119 Å². The molecule has 0 bridgehead atoms. The van der Waals surface area contributed by atoms with Crippen molar-refractivity contribution in [3.8, 4) is 0 Å². The van der Waals surface area contributed by atoms with Crippen LogP contribution in [0.3, 0.4) is 0 Å². The Hall–Kier alpha value is -1.43. The van der Waals surface area contributed by atoms with E-state index < -0.39 is 30.0 Å². The maximum Gasteiger partial charge on any atom is 0.328 e. The highest BCUT2D eigenvalue weighted by atomic mass is 79.9. The zero-order valence-corrected chi connectivity index (χ0v) is 12.2. The van der Waals surface area contributed by atoms with Crippen LogP contribution in [0.25, 0.3) is 0 Å². The summed E-state index contributed by atoms with van der Waals surface area (Å²) in [6, 6.07) is 5.58. The highest BCUT2D eigenvalue weighted by molar-refractivity contribution is 9.10. The molecule has 0 aliphatic rings. The lowest BCUT2D eigenvalue weighted by atomic mass is 9.83. The van der Waals surface area contributed by atoms with Gasteiger partial charge >= 0.3 is 5.97 Å². The van der Waals surface area contributed by atoms with Crippen molar-refractivity contribution in [1.82, 2.24) is 5.32 Å². The third-order valence-corrected chi connectivity index (χ3v) is 3.42. The fourth-order valence-electron chi connectivity index (χ4n) is 1.50. The fraction of sp³-hybridized carbons (Fsp3) is 0.385. The fourth-order valence-corrected chi connectivity index (χ4v) is 1.77. The summed E-state index contributed by atoms with van der Waals surface area (Å²) in [6.45, 7) is 2.17. The third kappa shape index (κ3) is 3.76. The van der Waals surface area contributed by atoms with E-state index in [-0.39, 0.29) is 0 Å². The van der Waals surface area contributed by atoms with Crippen molar-refractivity contribution in [3.05, 3.63) is 34.3 Å². The maximum absolute atomic E-state index is 12.5. The van der Waals surface area contributed by atoms with Crippen LogP contribution in [-0.2, 0) is 15.0 Å². The van der Waals surface area contributed by atoms with Crippen LogP contribution in [0.4, 0.5) is 4.39 Å². The van der Waals surface area contributed by atoms with Gasteiger partial charge in [-0.05, 0) is 31.5 Å². The number of carbonyl (C=O) groups excluding carboxylic acids is 1. The molecule has 1 rings (SSSR count). The van der Waals surface area contributed by atoms with Crippen LogP contribution in [0, 0.1) is 0 Å². The van der Waals surface area contributed by atoms with Gasteiger partial charge in [0.25, 0.3) is 0 Å². The number of halogens is 2. The number of alkyl halides is 1. The van der Waals surface area contributed by atoms with Gasteiger partial charge in [-0.2, -0.15) is 0 Å². The lowest BCUT2D eigenvalue weighted by molar-refractivity contribution is -0.143. The average Bonchev–Trinajstić information content (AvgIpc) is 2.35. The van der Waals surface area contributed by atoms with Gasteiger partial charge in [-0.1, -0.05) is 28.1 Å². The van der Waals surface area contributed by atoms with Crippen molar-refractivity contribution in [2.45, 2.75) is 25.3 Å². The van der Waals surface area contributed by atoms with E-state index in [2.05, 4.69) is 21.2 Å². The van der Waals surface area contributed by atoms with Crippen molar-refractivity contribution in [3.63, 3.8) is 0 Å². The zero-order chi connectivity index (χ0) is 14.6. The Morgan fingerprint density at radius 2 is 1.89 bits per heavy atom. The van der Waals surface area contributed by atoms with E-state index in [0.29, 0.717) is 0 Å². The molecule has 4 nitrogen and oxygen atoms in total. The number of hydrogen-bond acceptors (Lipinski definition) is 2. The van der Waals surface area contributed by atoms with Gasteiger partial charge in [0.1, 0.15) is 6.67 Å². The number of carboxylic acid groups (broad SMARTS) is 1. The summed E-state index contributed by atoms with van der Waals surface area (Å²) in [5.41, 5.74) is -0.222. The van der Waals surface area contributed by atoms with E-state index in [9.17, 15) is 14.0 Å². The van der Waals surface area contributed by atoms with Gasteiger partial charge in [0, 0.05) is 4.47 Å². The van der Waals surface area contributed by atoms with Gasteiger partial charge < -0.3 is 10.4 Å². The standard InChI is InChI=1S/C13H15BrFNO3/c1-13(2,8-3-5-9(14)6-4-8)12(19)16-10(7-15)11(17)18/h3-6,10H,7H2,1-2H3,(H,16,19)(H,17,18). The number of aliphatic carboxylic acids is 1. The van der Waals surface area contributed by atoms with Crippen LogP contribution in [0.2, 0.25) is 0 Å². The van der Waals surface area contributed by atoms with Crippen molar-refractivity contribution in [2.75, 3.05) is 6.67 Å². The lowest BCUT2D eigenvalue weighted by Gasteiger charge is -2.25. The number of nitrogens with one attached hydrogen (secondary N) is 1. The molecule has 0 aromatic heterocycles. The summed E-state index contributed by atoms with van der Waals surface area (Å²) in [7, 11) is 0. The molecule has 0 radical (unpaired) electrons. The Balaban J connectivity index is 2.90. The van der Waals surface area contributed by atoms with E-state index in [0.717, 1.165) is 10.0 Å². The van der Waals surface area contributed by atoms with Crippen LogP contribution < -0.4 is 5.32 Å². The molecule has 0 heterocycles. The third-order valence-electron chi connectivity index (χ3n) is 2.89. The summed E-state index contributed by atoms with van der Waals surface area (Å²) in [6.07, 6.45) is 0. The minimum Gasteiger partial charge on any atom is -0.480 e. The number of rotatable bonds is 5. The van der Waals surface area contributed by atoms with Gasteiger partial charge in [0.15, 0.2) is 6.04 Å². The quantitative estimate of drug-likeness (QED) is 0.869. The van der Waals surface area contributed by atoms with Crippen molar-refractivity contribution < 1.29 is 19.1 Å². The molecule has 1 unspecified atom stereocenters. The van der Waals surface area contributed by atoms with E-state index in [1.54, 1.807) is 38.1 Å². The predicted octanol–water partition coefficient (Wildman–Crippen LogP) is 2.27. The van der Waals surface area contributed by atoms with Crippen molar-refractivity contribution >= 4 is 27.8 Å². The van der Waals surface area contributed by atoms with E-state index in [4.69, 9.17) is 5.11 Å². The van der Waals surface area contributed by atoms with Crippen LogP contribution in [0.1, 0.15) is 19.4 Å². The minimum absolute atomic E-state index is 0.528. The number of carboxylic acids is 1. The van der Waals surface area contributed by atoms with Crippen LogP contribution in [-0.4, -0.2) is 29.7 Å². The van der Waals surface area contributed by atoms with E-state index >= 15 is 0 Å². The van der Waals surface area contributed by atoms with Gasteiger partial charge in [0.05, 0.1) is 5.41 Å². The molecule has 0 spiro atoms. The van der Waals surface area contributed by atoms with Gasteiger partial charge in [-0.3, -0.25) is 4.79 Å². The SMILES string of the molecule is CC(C)(C(=O)NC(CF)C(=O)O)c1ccc(Br)cc1. The Bertz CT molecular complexity index is 473. The molecule has 1 atom stereocenters. The Morgan fingerprint density at radius 1 is 1.37 bits per heavy atom. The monoisotopic (exact) mass is 331 g/mol. The first kappa shape index (κ1) is 15.6. The first-order valence-corrected chi connectivity index (χ1v) is 6.44.